The molecule has 2 aromatic carbocycles. The van der Waals surface area contributed by atoms with E-state index in [0.29, 0.717) is 4.90 Å². The molecule has 4 rings (SSSR count). The number of carbonyl (C=O) groups is 3. The molecule has 2 atom stereocenters. The predicted octanol–water partition coefficient (Wildman–Crippen LogP) is 2.04. The number of benzene rings is 2. The molecule has 8 nitrogen and oxygen atoms in total. The van der Waals surface area contributed by atoms with Gasteiger partial charge >= 0.3 is 0 Å². The van der Waals surface area contributed by atoms with Gasteiger partial charge in [-0.3, -0.25) is 19.4 Å². The molecule has 1 fully saturated rings. The lowest BCUT2D eigenvalue weighted by Crippen LogP contribution is -2.43. The topological polar surface area (TPSA) is 94.4 Å². The highest BCUT2D eigenvalue weighted by molar-refractivity contribution is 6.25. The second-order valence-electron chi connectivity index (χ2n) is 6.33. The molecule has 3 amide bonds. The van der Waals surface area contributed by atoms with Crippen molar-refractivity contribution in [3.8, 4) is 0 Å². The minimum absolute atomic E-state index is 0.0533. The Morgan fingerprint density at radius 1 is 1.00 bits per heavy atom. The Morgan fingerprint density at radius 3 is 2.48 bits per heavy atom. The van der Waals surface area contributed by atoms with Crippen LogP contribution < -0.4 is 10.2 Å². The molecular formula is C18H12F3N5O3. The molecule has 0 saturated carbocycles. The van der Waals surface area contributed by atoms with Gasteiger partial charge in [-0.2, -0.15) is 5.11 Å². The Bertz CT molecular complexity index is 1060. The van der Waals surface area contributed by atoms with E-state index in [0.717, 1.165) is 23.2 Å². The second kappa shape index (κ2) is 7.00. The molecule has 11 heteroatoms. The van der Waals surface area contributed by atoms with E-state index in [1.54, 1.807) is 0 Å². The van der Waals surface area contributed by atoms with Gasteiger partial charge in [0.25, 0.3) is 11.8 Å². The zero-order chi connectivity index (χ0) is 20.7. The Labute approximate surface area is 161 Å². The van der Waals surface area contributed by atoms with Crippen molar-refractivity contribution < 1.29 is 27.6 Å². The van der Waals surface area contributed by atoms with Gasteiger partial charge in [-0.15, -0.1) is 0 Å². The first-order valence-electron chi connectivity index (χ1n) is 8.41. The highest BCUT2D eigenvalue weighted by Gasteiger charge is 2.55. The number of hydrogen-bond donors (Lipinski definition) is 1. The van der Waals surface area contributed by atoms with Crippen LogP contribution in [0.4, 0.5) is 24.5 Å². The van der Waals surface area contributed by atoms with Crippen molar-refractivity contribution in [2.45, 2.75) is 12.1 Å². The van der Waals surface area contributed by atoms with E-state index in [4.69, 9.17) is 0 Å². The van der Waals surface area contributed by atoms with E-state index >= 15 is 0 Å². The van der Waals surface area contributed by atoms with Crippen molar-refractivity contribution in [3.05, 3.63) is 59.9 Å². The van der Waals surface area contributed by atoms with Crippen LogP contribution in [0.2, 0.25) is 0 Å². The standard InChI is InChI=1S/C18H12F3N5O3/c19-10-6-5-9(7-12(10)21)26-17(28)15-16(18(26)29)25(24-23-15)8-14(27)22-13-4-2-1-3-11(13)20/h1-7,15-16H,8H2,(H,22,27)/t15-,16-/m0/s1. The number of halogens is 3. The quantitative estimate of drug-likeness (QED) is 0.791. The fourth-order valence-corrected chi connectivity index (χ4v) is 3.13. The summed E-state index contributed by atoms with van der Waals surface area (Å²) in [6, 6.07) is 5.69. The van der Waals surface area contributed by atoms with E-state index in [2.05, 4.69) is 15.7 Å². The third-order valence-electron chi connectivity index (χ3n) is 4.47. The third kappa shape index (κ3) is 3.20. The Hall–Kier alpha value is -3.76. The maximum atomic E-state index is 13.7. The van der Waals surface area contributed by atoms with Gasteiger partial charge in [0.15, 0.2) is 23.7 Å². The second-order valence-corrected chi connectivity index (χ2v) is 6.33. The molecule has 148 valence electrons. The fourth-order valence-electron chi connectivity index (χ4n) is 3.13. The summed E-state index contributed by atoms with van der Waals surface area (Å²) >= 11 is 0. The summed E-state index contributed by atoms with van der Waals surface area (Å²) in [5.41, 5.74) is -0.207. The molecule has 0 spiro atoms. The molecule has 0 bridgehead atoms. The molecule has 0 aliphatic carbocycles. The normalized spacial score (nSPS) is 20.4. The van der Waals surface area contributed by atoms with E-state index in [9.17, 15) is 27.6 Å². The van der Waals surface area contributed by atoms with Crippen LogP contribution in [0.5, 0.6) is 0 Å². The predicted molar refractivity (Wildman–Crippen MR) is 93.0 cm³/mol. The van der Waals surface area contributed by atoms with E-state index < -0.39 is 53.8 Å². The summed E-state index contributed by atoms with van der Waals surface area (Å²) in [4.78, 5) is 38.1. The number of rotatable bonds is 4. The highest BCUT2D eigenvalue weighted by Crippen LogP contribution is 2.32. The highest BCUT2D eigenvalue weighted by atomic mass is 19.2. The maximum Gasteiger partial charge on any atom is 0.263 e. The first-order valence-corrected chi connectivity index (χ1v) is 8.41. The molecule has 29 heavy (non-hydrogen) atoms. The van der Waals surface area contributed by atoms with Gasteiger partial charge in [0.2, 0.25) is 5.91 Å². The number of imide groups is 1. The largest absolute Gasteiger partial charge is 0.322 e. The summed E-state index contributed by atoms with van der Waals surface area (Å²) in [6.07, 6.45) is 0. The number of amides is 3. The van der Waals surface area contributed by atoms with Gasteiger partial charge in [-0.1, -0.05) is 17.4 Å². The zero-order valence-electron chi connectivity index (χ0n) is 14.6. The molecule has 2 aliphatic heterocycles. The molecule has 1 saturated heterocycles. The van der Waals surface area contributed by atoms with Crippen LogP contribution in [0.25, 0.3) is 0 Å². The Balaban J connectivity index is 1.51. The van der Waals surface area contributed by atoms with Crippen molar-refractivity contribution in [3.63, 3.8) is 0 Å². The minimum Gasteiger partial charge on any atom is -0.322 e. The number of para-hydroxylation sites is 1. The van der Waals surface area contributed by atoms with Gasteiger partial charge in [-0.25, -0.2) is 18.1 Å². The van der Waals surface area contributed by atoms with E-state index in [1.165, 1.54) is 24.3 Å². The van der Waals surface area contributed by atoms with Crippen molar-refractivity contribution in [2.75, 3.05) is 16.8 Å². The van der Waals surface area contributed by atoms with Crippen LogP contribution in [-0.2, 0) is 14.4 Å². The van der Waals surface area contributed by atoms with Crippen molar-refractivity contribution in [2.24, 2.45) is 10.3 Å². The molecule has 0 aromatic heterocycles. The van der Waals surface area contributed by atoms with Crippen molar-refractivity contribution >= 4 is 29.1 Å². The third-order valence-corrected chi connectivity index (χ3v) is 4.47. The van der Waals surface area contributed by atoms with Gasteiger partial charge in [0.1, 0.15) is 12.4 Å². The average molecular weight is 403 g/mol. The van der Waals surface area contributed by atoms with E-state index in [-0.39, 0.29) is 11.4 Å². The Kier molecular flexibility index (Phi) is 4.49. The van der Waals surface area contributed by atoms with Crippen LogP contribution in [0.3, 0.4) is 0 Å². The summed E-state index contributed by atoms with van der Waals surface area (Å²) in [5.74, 6) is -5.22. The first-order chi connectivity index (χ1) is 13.9. The SMILES string of the molecule is O=C(CN1N=N[C@@H]2C(=O)N(c3ccc(F)c(F)c3)C(=O)[C@H]21)Nc1ccccc1F. The molecular weight excluding hydrogens is 391 g/mol. The van der Waals surface area contributed by atoms with Crippen LogP contribution in [-0.4, -0.2) is 41.4 Å². The van der Waals surface area contributed by atoms with Crippen LogP contribution in [0.15, 0.2) is 52.8 Å². The van der Waals surface area contributed by atoms with Gasteiger partial charge in [0.05, 0.1) is 11.4 Å². The number of fused-ring (bicyclic) bond motifs is 1. The van der Waals surface area contributed by atoms with Crippen LogP contribution in [0, 0.1) is 17.5 Å². The Morgan fingerprint density at radius 2 is 1.76 bits per heavy atom. The van der Waals surface area contributed by atoms with Crippen molar-refractivity contribution in [1.82, 2.24) is 5.01 Å². The minimum atomic E-state index is -1.22. The number of hydrogen-bond acceptors (Lipinski definition) is 6. The lowest BCUT2D eigenvalue weighted by atomic mass is 10.1. The van der Waals surface area contributed by atoms with Gasteiger partial charge < -0.3 is 5.32 Å². The molecule has 2 aromatic rings. The first kappa shape index (κ1) is 18.6. The fraction of sp³-hybridized carbons (Fsp3) is 0.167. The lowest BCUT2D eigenvalue weighted by molar-refractivity contribution is -0.123. The zero-order valence-corrected chi connectivity index (χ0v) is 14.6. The molecule has 2 aliphatic rings. The molecule has 1 N–H and O–H groups in total. The van der Waals surface area contributed by atoms with E-state index in [1.807, 2.05) is 0 Å². The molecule has 0 radical (unpaired) electrons. The van der Waals surface area contributed by atoms with Crippen LogP contribution >= 0.6 is 0 Å². The summed E-state index contributed by atoms with van der Waals surface area (Å²) in [6.45, 7) is -0.469. The molecule has 0 unspecified atom stereocenters. The summed E-state index contributed by atoms with van der Waals surface area (Å²) in [5, 5.41) is 10.7. The molecule has 2 heterocycles. The van der Waals surface area contributed by atoms with Gasteiger partial charge in [-0.05, 0) is 24.3 Å². The lowest BCUT2D eigenvalue weighted by Gasteiger charge is -2.20. The maximum absolute atomic E-state index is 13.7. The van der Waals surface area contributed by atoms with Crippen molar-refractivity contribution in [1.29, 1.82) is 0 Å². The number of carbonyl (C=O) groups excluding carboxylic acids is 3. The smallest absolute Gasteiger partial charge is 0.263 e. The van der Waals surface area contributed by atoms with Gasteiger partial charge in [0, 0.05) is 6.07 Å². The summed E-state index contributed by atoms with van der Waals surface area (Å²) in [7, 11) is 0. The number of anilines is 2. The summed E-state index contributed by atoms with van der Waals surface area (Å²) < 4.78 is 40.3. The van der Waals surface area contributed by atoms with Crippen LogP contribution in [0.1, 0.15) is 0 Å². The number of nitrogens with one attached hydrogen (secondary N) is 1. The number of nitrogens with zero attached hydrogens (tertiary/aromatic N) is 4. The average Bonchev–Trinajstić information content (AvgIpc) is 3.20. The monoisotopic (exact) mass is 403 g/mol.